The third-order valence-corrected chi connectivity index (χ3v) is 3.33. The van der Waals surface area contributed by atoms with Crippen LogP contribution in [0.1, 0.15) is 18.6 Å². The number of halogens is 1. The maximum absolute atomic E-state index is 9.41. The summed E-state index contributed by atoms with van der Waals surface area (Å²) in [6, 6.07) is 15.1. The summed E-state index contributed by atoms with van der Waals surface area (Å²) in [6.07, 6.45) is -0.454. The highest BCUT2D eigenvalue weighted by molar-refractivity contribution is 9.10. The third-order valence-electron chi connectivity index (χ3n) is 2.80. The Morgan fingerprint density at radius 2 is 1.35 bits per heavy atom. The SMILES string of the molecule is C[C@@H](O)c1ccc(OCCOc2ccc(Br)cc2)cc1. The molecule has 0 saturated heterocycles. The summed E-state index contributed by atoms with van der Waals surface area (Å²) in [5, 5.41) is 9.41. The number of ether oxygens (including phenoxy) is 2. The molecule has 0 fully saturated rings. The van der Waals surface area contributed by atoms with E-state index < -0.39 is 6.10 Å². The van der Waals surface area contributed by atoms with Gasteiger partial charge in [-0.25, -0.2) is 0 Å². The molecule has 0 radical (unpaired) electrons. The third kappa shape index (κ3) is 4.54. The maximum Gasteiger partial charge on any atom is 0.122 e. The lowest BCUT2D eigenvalue weighted by Crippen LogP contribution is -2.08. The number of hydrogen-bond acceptors (Lipinski definition) is 3. The van der Waals surface area contributed by atoms with Crippen molar-refractivity contribution < 1.29 is 14.6 Å². The van der Waals surface area contributed by atoms with Crippen LogP contribution in [0.3, 0.4) is 0 Å². The highest BCUT2D eigenvalue weighted by atomic mass is 79.9. The van der Waals surface area contributed by atoms with E-state index >= 15 is 0 Å². The zero-order chi connectivity index (χ0) is 14.4. The van der Waals surface area contributed by atoms with Crippen LogP contribution >= 0.6 is 15.9 Å². The minimum absolute atomic E-state index is 0.454. The highest BCUT2D eigenvalue weighted by Crippen LogP contribution is 2.18. The van der Waals surface area contributed by atoms with Gasteiger partial charge >= 0.3 is 0 Å². The molecule has 0 heterocycles. The highest BCUT2D eigenvalue weighted by Gasteiger charge is 2.01. The van der Waals surface area contributed by atoms with Gasteiger partial charge < -0.3 is 14.6 Å². The predicted octanol–water partition coefficient (Wildman–Crippen LogP) is 3.96. The Labute approximate surface area is 127 Å². The second-order valence-corrected chi connectivity index (χ2v) is 5.31. The molecule has 2 rings (SSSR count). The van der Waals surface area contributed by atoms with Crippen molar-refractivity contribution in [1.29, 1.82) is 0 Å². The number of aliphatic hydroxyl groups is 1. The predicted molar refractivity (Wildman–Crippen MR) is 82.2 cm³/mol. The summed E-state index contributed by atoms with van der Waals surface area (Å²) < 4.78 is 12.2. The molecule has 0 spiro atoms. The van der Waals surface area contributed by atoms with E-state index in [1.807, 2.05) is 48.5 Å². The maximum atomic E-state index is 9.41. The van der Waals surface area contributed by atoms with Crippen molar-refractivity contribution in [2.24, 2.45) is 0 Å². The van der Waals surface area contributed by atoms with Gasteiger partial charge in [0.05, 0.1) is 6.10 Å². The van der Waals surface area contributed by atoms with Crippen LogP contribution in [0.2, 0.25) is 0 Å². The summed E-state index contributed by atoms with van der Waals surface area (Å²) in [6.45, 7) is 2.70. The Hall–Kier alpha value is -1.52. The summed E-state index contributed by atoms with van der Waals surface area (Å²) in [4.78, 5) is 0. The average molecular weight is 337 g/mol. The molecule has 20 heavy (non-hydrogen) atoms. The number of rotatable bonds is 6. The molecule has 1 N–H and O–H groups in total. The topological polar surface area (TPSA) is 38.7 Å². The van der Waals surface area contributed by atoms with Gasteiger partial charge in [0.15, 0.2) is 0 Å². The molecule has 4 heteroatoms. The average Bonchev–Trinajstić information content (AvgIpc) is 2.46. The van der Waals surface area contributed by atoms with Gasteiger partial charge in [0.25, 0.3) is 0 Å². The van der Waals surface area contributed by atoms with E-state index in [0.29, 0.717) is 13.2 Å². The van der Waals surface area contributed by atoms with Gasteiger partial charge in [-0.3, -0.25) is 0 Å². The van der Waals surface area contributed by atoms with Crippen molar-refractivity contribution in [1.82, 2.24) is 0 Å². The molecule has 0 aliphatic rings. The summed E-state index contributed by atoms with van der Waals surface area (Å²) in [5.41, 5.74) is 0.878. The van der Waals surface area contributed by atoms with E-state index in [-0.39, 0.29) is 0 Å². The van der Waals surface area contributed by atoms with Crippen LogP contribution in [-0.4, -0.2) is 18.3 Å². The van der Waals surface area contributed by atoms with E-state index in [1.54, 1.807) is 6.92 Å². The van der Waals surface area contributed by atoms with Crippen LogP contribution in [0.4, 0.5) is 0 Å². The largest absolute Gasteiger partial charge is 0.490 e. The monoisotopic (exact) mass is 336 g/mol. The lowest BCUT2D eigenvalue weighted by molar-refractivity contribution is 0.198. The Balaban J connectivity index is 1.74. The van der Waals surface area contributed by atoms with Crippen LogP contribution in [0, 0.1) is 0 Å². The molecule has 0 amide bonds. The van der Waals surface area contributed by atoms with Gasteiger partial charge in [-0.2, -0.15) is 0 Å². The molecule has 0 bridgehead atoms. The Morgan fingerprint density at radius 1 is 0.900 bits per heavy atom. The van der Waals surface area contributed by atoms with E-state index in [0.717, 1.165) is 21.5 Å². The second kappa shape index (κ2) is 7.31. The quantitative estimate of drug-likeness (QED) is 0.811. The normalized spacial score (nSPS) is 11.9. The van der Waals surface area contributed by atoms with Gasteiger partial charge in [-0.1, -0.05) is 28.1 Å². The molecule has 0 aliphatic heterocycles. The van der Waals surface area contributed by atoms with Crippen molar-refractivity contribution in [3.8, 4) is 11.5 Å². The number of hydrogen-bond donors (Lipinski definition) is 1. The van der Waals surface area contributed by atoms with Crippen LogP contribution < -0.4 is 9.47 Å². The molecule has 3 nitrogen and oxygen atoms in total. The minimum atomic E-state index is -0.454. The zero-order valence-electron chi connectivity index (χ0n) is 11.3. The lowest BCUT2D eigenvalue weighted by atomic mass is 10.1. The van der Waals surface area contributed by atoms with E-state index in [2.05, 4.69) is 15.9 Å². The summed E-state index contributed by atoms with van der Waals surface area (Å²) >= 11 is 3.38. The number of aliphatic hydroxyl groups excluding tert-OH is 1. The molecule has 0 unspecified atom stereocenters. The fourth-order valence-electron chi connectivity index (χ4n) is 1.69. The van der Waals surface area contributed by atoms with Crippen molar-refractivity contribution in [2.45, 2.75) is 13.0 Å². The fraction of sp³-hybridized carbons (Fsp3) is 0.250. The van der Waals surface area contributed by atoms with E-state index in [1.165, 1.54) is 0 Å². The first-order chi connectivity index (χ1) is 9.65. The molecule has 0 saturated carbocycles. The van der Waals surface area contributed by atoms with Gasteiger partial charge in [0, 0.05) is 4.47 Å². The molecule has 0 aromatic heterocycles. The first-order valence-electron chi connectivity index (χ1n) is 6.44. The van der Waals surface area contributed by atoms with Crippen molar-refractivity contribution in [3.05, 3.63) is 58.6 Å². The van der Waals surface area contributed by atoms with Crippen LogP contribution in [0.15, 0.2) is 53.0 Å². The Kier molecular flexibility index (Phi) is 5.44. The van der Waals surface area contributed by atoms with Crippen molar-refractivity contribution in [2.75, 3.05) is 13.2 Å². The van der Waals surface area contributed by atoms with Gasteiger partial charge in [-0.05, 0) is 48.9 Å². The van der Waals surface area contributed by atoms with E-state index in [9.17, 15) is 5.11 Å². The fourth-order valence-corrected chi connectivity index (χ4v) is 1.96. The molecule has 2 aromatic carbocycles. The molecule has 1 atom stereocenters. The zero-order valence-corrected chi connectivity index (χ0v) is 12.8. The van der Waals surface area contributed by atoms with E-state index in [4.69, 9.17) is 9.47 Å². The minimum Gasteiger partial charge on any atom is -0.490 e. The smallest absolute Gasteiger partial charge is 0.122 e. The summed E-state index contributed by atoms with van der Waals surface area (Å²) in [5.74, 6) is 1.59. The molecule has 2 aromatic rings. The van der Waals surface area contributed by atoms with Crippen LogP contribution in [0.25, 0.3) is 0 Å². The van der Waals surface area contributed by atoms with Crippen molar-refractivity contribution >= 4 is 15.9 Å². The molecule has 106 valence electrons. The first kappa shape index (κ1) is 14.9. The standard InChI is InChI=1S/C16H17BrO3/c1-12(18)13-2-6-15(7-3-13)19-10-11-20-16-8-4-14(17)5-9-16/h2-9,12,18H,10-11H2,1H3/t12-/m1/s1. The second-order valence-electron chi connectivity index (χ2n) is 4.40. The molecule has 0 aliphatic carbocycles. The van der Waals surface area contributed by atoms with Crippen LogP contribution in [0.5, 0.6) is 11.5 Å². The first-order valence-corrected chi connectivity index (χ1v) is 7.23. The van der Waals surface area contributed by atoms with Gasteiger partial charge in [-0.15, -0.1) is 0 Å². The Morgan fingerprint density at radius 3 is 1.80 bits per heavy atom. The lowest BCUT2D eigenvalue weighted by Gasteiger charge is -2.09. The van der Waals surface area contributed by atoms with Gasteiger partial charge in [0.2, 0.25) is 0 Å². The summed E-state index contributed by atoms with van der Waals surface area (Å²) in [7, 11) is 0. The molecular weight excluding hydrogens is 320 g/mol. The van der Waals surface area contributed by atoms with Gasteiger partial charge in [0.1, 0.15) is 24.7 Å². The Bertz CT molecular complexity index is 520. The number of benzene rings is 2. The molecular formula is C16H17BrO3. The van der Waals surface area contributed by atoms with Crippen molar-refractivity contribution in [3.63, 3.8) is 0 Å². The van der Waals surface area contributed by atoms with Crippen LogP contribution in [-0.2, 0) is 0 Å².